The second kappa shape index (κ2) is 6.86. The van der Waals surface area contributed by atoms with Crippen molar-refractivity contribution in [3.05, 3.63) is 35.6 Å². The van der Waals surface area contributed by atoms with Crippen molar-refractivity contribution in [2.45, 2.75) is 44.8 Å². The normalized spacial score (nSPS) is 18.8. The van der Waals surface area contributed by atoms with Crippen molar-refractivity contribution in [2.75, 3.05) is 6.61 Å². The molecule has 2 nitrogen and oxygen atoms in total. The molecule has 1 aromatic carbocycles. The highest BCUT2D eigenvalue weighted by atomic mass is 19.1. The Labute approximate surface area is 108 Å². The third-order valence-corrected chi connectivity index (χ3v) is 3.78. The number of nitrogens with two attached hydrogens (primary N) is 1. The van der Waals surface area contributed by atoms with Gasteiger partial charge in [0.15, 0.2) is 0 Å². The van der Waals surface area contributed by atoms with Gasteiger partial charge in [-0.05, 0) is 24.8 Å². The van der Waals surface area contributed by atoms with Crippen molar-refractivity contribution in [2.24, 2.45) is 11.7 Å². The molecule has 2 N–H and O–H groups in total. The third kappa shape index (κ3) is 3.79. The third-order valence-electron chi connectivity index (χ3n) is 3.78. The van der Waals surface area contributed by atoms with Gasteiger partial charge in [0.05, 0.1) is 13.2 Å². The number of halogens is 1. The van der Waals surface area contributed by atoms with Crippen molar-refractivity contribution in [1.29, 1.82) is 0 Å². The summed E-state index contributed by atoms with van der Waals surface area (Å²) in [6.07, 6.45) is 6.32. The Bertz CT molecular complexity index is 363. The number of hydrogen-bond donors (Lipinski definition) is 1. The first-order valence-electron chi connectivity index (χ1n) is 6.84. The van der Waals surface area contributed by atoms with Crippen LogP contribution < -0.4 is 5.73 Å². The zero-order valence-corrected chi connectivity index (χ0v) is 10.8. The number of benzene rings is 1. The summed E-state index contributed by atoms with van der Waals surface area (Å²) in [7, 11) is 0. The van der Waals surface area contributed by atoms with E-state index in [2.05, 4.69) is 0 Å². The van der Waals surface area contributed by atoms with E-state index in [1.165, 1.54) is 38.2 Å². The first-order valence-corrected chi connectivity index (χ1v) is 6.84. The minimum absolute atomic E-state index is 0.0945. The smallest absolute Gasteiger partial charge is 0.128 e. The summed E-state index contributed by atoms with van der Waals surface area (Å²) in [4.78, 5) is 0. The van der Waals surface area contributed by atoms with Crippen LogP contribution in [0.2, 0.25) is 0 Å². The SMILES string of the molecule is NC(COCc1ccccc1F)C1CCCCC1. The molecular weight excluding hydrogens is 229 g/mol. The molecule has 0 bridgehead atoms. The van der Waals surface area contributed by atoms with Crippen LogP contribution in [-0.4, -0.2) is 12.6 Å². The summed E-state index contributed by atoms with van der Waals surface area (Å²) in [5.74, 6) is 0.378. The van der Waals surface area contributed by atoms with Gasteiger partial charge in [-0.25, -0.2) is 4.39 Å². The van der Waals surface area contributed by atoms with Gasteiger partial charge in [-0.1, -0.05) is 37.5 Å². The maximum Gasteiger partial charge on any atom is 0.128 e. The van der Waals surface area contributed by atoms with Crippen molar-refractivity contribution in [1.82, 2.24) is 0 Å². The van der Waals surface area contributed by atoms with Crippen LogP contribution >= 0.6 is 0 Å². The number of hydrogen-bond acceptors (Lipinski definition) is 2. The van der Waals surface area contributed by atoms with Gasteiger partial charge < -0.3 is 10.5 Å². The molecule has 1 aliphatic carbocycles. The summed E-state index contributed by atoms with van der Waals surface area (Å²) in [6.45, 7) is 0.839. The van der Waals surface area contributed by atoms with E-state index in [-0.39, 0.29) is 11.9 Å². The van der Waals surface area contributed by atoms with Gasteiger partial charge in [-0.2, -0.15) is 0 Å². The molecule has 1 unspecified atom stereocenters. The van der Waals surface area contributed by atoms with Crippen LogP contribution in [0, 0.1) is 11.7 Å². The highest BCUT2D eigenvalue weighted by Gasteiger charge is 2.20. The van der Waals surface area contributed by atoms with Crippen molar-refractivity contribution in [3.8, 4) is 0 Å². The predicted octanol–water partition coefficient (Wildman–Crippen LogP) is 3.25. The molecule has 3 heteroatoms. The van der Waals surface area contributed by atoms with Gasteiger partial charge in [0.25, 0.3) is 0 Å². The maximum absolute atomic E-state index is 13.4. The molecule has 1 saturated carbocycles. The average Bonchev–Trinajstić information content (AvgIpc) is 2.42. The van der Waals surface area contributed by atoms with Gasteiger partial charge >= 0.3 is 0 Å². The molecule has 0 amide bonds. The highest BCUT2D eigenvalue weighted by molar-refractivity contribution is 5.16. The molecule has 0 spiro atoms. The van der Waals surface area contributed by atoms with Gasteiger partial charge in [0, 0.05) is 11.6 Å². The molecular formula is C15H22FNO. The van der Waals surface area contributed by atoms with E-state index < -0.39 is 0 Å². The van der Waals surface area contributed by atoms with E-state index in [4.69, 9.17) is 10.5 Å². The second-order valence-corrected chi connectivity index (χ2v) is 5.17. The van der Waals surface area contributed by atoms with E-state index in [1.807, 2.05) is 6.07 Å². The van der Waals surface area contributed by atoms with E-state index in [0.717, 1.165) is 0 Å². The van der Waals surface area contributed by atoms with E-state index in [0.29, 0.717) is 24.7 Å². The fraction of sp³-hybridized carbons (Fsp3) is 0.600. The summed E-state index contributed by atoms with van der Waals surface area (Å²) < 4.78 is 18.9. The fourth-order valence-corrected chi connectivity index (χ4v) is 2.62. The topological polar surface area (TPSA) is 35.2 Å². The molecule has 18 heavy (non-hydrogen) atoms. The van der Waals surface area contributed by atoms with Crippen LogP contribution in [0.15, 0.2) is 24.3 Å². The van der Waals surface area contributed by atoms with Crippen molar-refractivity contribution in [3.63, 3.8) is 0 Å². The molecule has 0 aromatic heterocycles. The van der Waals surface area contributed by atoms with Crippen LogP contribution in [0.3, 0.4) is 0 Å². The predicted molar refractivity (Wildman–Crippen MR) is 70.6 cm³/mol. The Hall–Kier alpha value is -0.930. The van der Waals surface area contributed by atoms with Crippen LogP contribution in [0.1, 0.15) is 37.7 Å². The molecule has 2 rings (SSSR count). The molecule has 0 saturated heterocycles. The second-order valence-electron chi connectivity index (χ2n) is 5.17. The van der Waals surface area contributed by atoms with Crippen molar-refractivity contribution >= 4 is 0 Å². The Morgan fingerprint density at radius 3 is 2.67 bits per heavy atom. The summed E-state index contributed by atoms with van der Waals surface area (Å²) >= 11 is 0. The summed E-state index contributed by atoms with van der Waals surface area (Å²) in [5.41, 5.74) is 6.74. The Morgan fingerprint density at radius 1 is 1.22 bits per heavy atom. The maximum atomic E-state index is 13.4. The first-order chi connectivity index (χ1) is 8.77. The van der Waals surface area contributed by atoms with Crippen LogP contribution in [0.5, 0.6) is 0 Å². The first kappa shape index (κ1) is 13.5. The molecule has 0 radical (unpaired) electrons. The lowest BCUT2D eigenvalue weighted by Crippen LogP contribution is -2.35. The monoisotopic (exact) mass is 251 g/mol. The molecule has 1 fully saturated rings. The minimum atomic E-state index is -0.205. The Kier molecular flexibility index (Phi) is 5.14. The molecule has 1 aliphatic rings. The largest absolute Gasteiger partial charge is 0.375 e. The van der Waals surface area contributed by atoms with Crippen LogP contribution in [0.25, 0.3) is 0 Å². The van der Waals surface area contributed by atoms with Crippen LogP contribution in [0.4, 0.5) is 4.39 Å². The van der Waals surface area contributed by atoms with Gasteiger partial charge in [-0.3, -0.25) is 0 Å². The van der Waals surface area contributed by atoms with Gasteiger partial charge in [0.2, 0.25) is 0 Å². The summed E-state index contributed by atoms with van der Waals surface area (Å²) in [5, 5.41) is 0. The van der Waals surface area contributed by atoms with E-state index >= 15 is 0 Å². The molecule has 1 aromatic rings. The Balaban J connectivity index is 1.73. The van der Waals surface area contributed by atoms with Gasteiger partial charge in [-0.15, -0.1) is 0 Å². The number of ether oxygens (including phenoxy) is 1. The molecule has 0 heterocycles. The van der Waals surface area contributed by atoms with Gasteiger partial charge in [0.1, 0.15) is 5.82 Å². The number of rotatable bonds is 5. The standard InChI is InChI=1S/C15H22FNO/c16-14-9-5-4-8-13(14)10-18-11-15(17)12-6-2-1-3-7-12/h4-5,8-9,12,15H,1-3,6-7,10-11,17H2. The van der Waals surface area contributed by atoms with Crippen LogP contribution in [-0.2, 0) is 11.3 Å². The quantitative estimate of drug-likeness (QED) is 0.872. The molecule has 100 valence electrons. The zero-order chi connectivity index (χ0) is 12.8. The lowest BCUT2D eigenvalue weighted by molar-refractivity contribution is 0.0845. The minimum Gasteiger partial charge on any atom is -0.375 e. The lowest BCUT2D eigenvalue weighted by Gasteiger charge is -2.27. The van der Waals surface area contributed by atoms with Crippen molar-refractivity contribution < 1.29 is 9.13 Å². The van der Waals surface area contributed by atoms with E-state index in [1.54, 1.807) is 12.1 Å². The van der Waals surface area contributed by atoms with E-state index in [9.17, 15) is 4.39 Å². The average molecular weight is 251 g/mol. The fourth-order valence-electron chi connectivity index (χ4n) is 2.62. The summed E-state index contributed by atoms with van der Waals surface area (Å²) in [6, 6.07) is 6.81. The highest BCUT2D eigenvalue weighted by Crippen LogP contribution is 2.25. The lowest BCUT2D eigenvalue weighted by atomic mass is 9.84. The zero-order valence-electron chi connectivity index (χ0n) is 10.8. The molecule has 1 atom stereocenters. The Morgan fingerprint density at radius 2 is 1.94 bits per heavy atom. The molecule has 0 aliphatic heterocycles.